The van der Waals surface area contributed by atoms with E-state index in [9.17, 15) is 4.79 Å². The number of benzene rings is 1. The van der Waals surface area contributed by atoms with Crippen LogP contribution >= 0.6 is 11.3 Å². The molecular weight excluding hydrogens is 310 g/mol. The van der Waals surface area contributed by atoms with E-state index in [1.165, 1.54) is 11.3 Å². The number of thiazole rings is 1. The Morgan fingerprint density at radius 1 is 1.30 bits per heavy atom. The van der Waals surface area contributed by atoms with E-state index >= 15 is 0 Å². The van der Waals surface area contributed by atoms with Gasteiger partial charge in [0.25, 0.3) is 0 Å². The highest BCUT2D eigenvalue weighted by atomic mass is 32.1. The van der Waals surface area contributed by atoms with Crippen LogP contribution in [0.15, 0.2) is 17.5 Å². The summed E-state index contributed by atoms with van der Waals surface area (Å²) in [5.74, 6) is 0.338. The summed E-state index contributed by atoms with van der Waals surface area (Å²) in [5.41, 5.74) is 3.92. The summed E-state index contributed by atoms with van der Waals surface area (Å²) in [4.78, 5) is 16.6. The van der Waals surface area contributed by atoms with Gasteiger partial charge in [-0.3, -0.25) is 4.79 Å². The Hall–Kier alpha value is -1.72. The number of nitrogens with zero attached hydrogens (tertiary/aromatic N) is 1. The molecule has 2 rings (SSSR count). The molecular formula is C18H23NO3S. The zero-order valence-corrected chi connectivity index (χ0v) is 15.1. The molecule has 0 aliphatic heterocycles. The number of hydrogen-bond acceptors (Lipinski definition) is 5. The van der Waals surface area contributed by atoms with Gasteiger partial charge in [0.05, 0.1) is 12.1 Å². The Morgan fingerprint density at radius 2 is 2.04 bits per heavy atom. The minimum atomic E-state index is -0.293. The van der Waals surface area contributed by atoms with E-state index in [-0.39, 0.29) is 18.5 Å². The van der Waals surface area contributed by atoms with Crippen molar-refractivity contribution >= 4 is 17.3 Å². The van der Waals surface area contributed by atoms with Crippen LogP contribution in [0.3, 0.4) is 0 Å². The number of hydrogen-bond donors (Lipinski definition) is 0. The zero-order chi connectivity index (χ0) is 17.0. The van der Waals surface area contributed by atoms with Crippen molar-refractivity contribution in [1.29, 1.82) is 0 Å². The van der Waals surface area contributed by atoms with Gasteiger partial charge in [0.1, 0.15) is 16.9 Å². The van der Waals surface area contributed by atoms with E-state index in [2.05, 4.69) is 11.1 Å². The van der Waals surface area contributed by atoms with Crippen LogP contribution in [0.5, 0.6) is 5.75 Å². The summed E-state index contributed by atoms with van der Waals surface area (Å²) in [6.07, 6.45) is 0.123. The van der Waals surface area contributed by atoms with Gasteiger partial charge in [0, 0.05) is 12.0 Å². The Balaban J connectivity index is 2.03. The predicted molar refractivity (Wildman–Crippen MR) is 92.1 cm³/mol. The van der Waals surface area contributed by atoms with Crippen molar-refractivity contribution in [3.05, 3.63) is 44.9 Å². The minimum Gasteiger partial charge on any atom is -0.426 e. The average Bonchev–Trinajstić information content (AvgIpc) is 2.93. The van der Waals surface area contributed by atoms with Crippen LogP contribution in [0.2, 0.25) is 0 Å². The van der Waals surface area contributed by atoms with Gasteiger partial charge in [-0.1, -0.05) is 6.07 Å². The highest BCUT2D eigenvalue weighted by Gasteiger charge is 2.15. The van der Waals surface area contributed by atoms with Crippen LogP contribution < -0.4 is 4.74 Å². The van der Waals surface area contributed by atoms with Crippen molar-refractivity contribution in [2.24, 2.45) is 0 Å². The molecule has 0 aliphatic rings. The number of aromatic nitrogens is 1. The number of carbonyl (C=O) groups excluding carboxylic acids is 1. The van der Waals surface area contributed by atoms with Gasteiger partial charge in [-0.2, -0.15) is 0 Å². The largest absolute Gasteiger partial charge is 0.426 e. The van der Waals surface area contributed by atoms with Crippen molar-refractivity contribution in [2.45, 2.75) is 47.1 Å². The van der Waals surface area contributed by atoms with Crippen molar-refractivity contribution in [1.82, 2.24) is 4.98 Å². The van der Waals surface area contributed by atoms with Crippen molar-refractivity contribution in [2.75, 3.05) is 6.61 Å². The lowest BCUT2D eigenvalue weighted by molar-refractivity contribution is -0.133. The highest BCUT2D eigenvalue weighted by molar-refractivity contribution is 7.09. The number of esters is 1. The Kier molecular flexibility index (Phi) is 5.91. The quantitative estimate of drug-likeness (QED) is 0.584. The monoisotopic (exact) mass is 333 g/mol. The summed E-state index contributed by atoms with van der Waals surface area (Å²) >= 11 is 1.51. The van der Waals surface area contributed by atoms with Crippen molar-refractivity contribution in [3.63, 3.8) is 0 Å². The van der Waals surface area contributed by atoms with E-state index in [0.717, 1.165) is 27.4 Å². The second kappa shape index (κ2) is 7.70. The molecule has 0 fully saturated rings. The van der Waals surface area contributed by atoms with Gasteiger partial charge in [-0.15, -0.1) is 11.3 Å². The molecule has 0 radical (unpaired) electrons. The third kappa shape index (κ3) is 4.62. The van der Waals surface area contributed by atoms with Gasteiger partial charge in [0.15, 0.2) is 0 Å². The smallest absolute Gasteiger partial charge is 0.317 e. The molecule has 0 saturated carbocycles. The zero-order valence-electron chi connectivity index (χ0n) is 14.3. The first-order chi connectivity index (χ1) is 10.9. The predicted octanol–water partition coefficient (Wildman–Crippen LogP) is 4.31. The first-order valence-corrected chi connectivity index (χ1v) is 8.63. The molecule has 1 heterocycles. The molecule has 1 aromatic carbocycles. The molecule has 23 heavy (non-hydrogen) atoms. The van der Waals surface area contributed by atoms with Crippen molar-refractivity contribution < 1.29 is 14.3 Å². The molecule has 0 saturated heterocycles. The first-order valence-electron chi connectivity index (χ1n) is 7.75. The first kappa shape index (κ1) is 17.6. The Bertz CT molecular complexity index is 694. The summed E-state index contributed by atoms with van der Waals surface area (Å²) < 4.78 is 11.0. The lowest BCUT2D eigenvalue weighted by Crippen LogP contribution is -2.13. The minimum absolute atomic E-state index is 0.0450. The molecule has 4 nitrogen and oxygen atoms in total. The van der Waals surface area contributed by atoms with E-state index in [4.69, 9.17) is 9.47 Å². The van der Waals surface area contributed by atoms with Gasteiger partial charge in [-0.25, -0.2) is 4.98 Å². The molecule has 2 aromatic rings. The van der Waals surface area contributed by atoms with E-state index in [1.54, 1.807) is 0 Å². The second-order valence-corrected chi connectivity index (χ2v) is 6.52. The molecule has 1 atom stereocenters. The van der Waals surface area contributed by atoms with Crippen LogP contribution in [0, 0.1) is 20.8 Å². The van der Waals surface area contributed by atoms with E-state index in [1.807, 2.05) is 46.1 Å². The molecule has 0 aliphatic carbocycles. The highest BCUT2D eigenvalue weighted by Crippen LogP contribution is 2.25. The van der Waals surface area contributed by atoms with Crippen LogP contribution in [0.1, 0.15) is 47.3 Å². The Morgan fingerprint density at radius 3 is 2.74 bits per heavy atom. The van der Waals surface area contributed by atoms with E-state index in [0.29, 0.717) is 12.4 Å². The van der Waals surface area contributed by atoms with Crippen LogP contribution in [0.4, 0.5) is 0 Å². The van der Waals surface area contributed by atoms with Gasteiger partial charge < -0.3 is 9.47 Å². The molecule has 0 bridgehead atoms. The fraction of sp³-hybridized carbons (Fsp3) is 0.444. The van der Waals surface area contributed by atoms with Gasteiger partial charge in [-0.05, 0) is 57.4 Å². The van der Waals surface area contributed by atoms with Gasteiger partial charge >= 0.3 is 5.97 Å². The standard InChI is InChI=1S/C18H23NO3S/c1-6-21-14(5)18-19-15(10-23-18)9-17(20)22-16-8-11(2)7-12(3)13(16)4/h7-8,10,14H,6,9H2,1-5H3. The molecule has 5 heteroatoms. The van der Waals surface area contributed by atoms with Crippen LogP contribution in [0.25, 0.3) is 0 Å². The number of carbonyl (C=O) groups is 1. The summed E-state index contributed by atoms with van der Waals surface area (Å²) in [7, 11) is 0. The topological polar surface area (TPSA) is 48.4 Å². The lowest BCUT2D eigenvalue weighted by atomic mass is 10.1. The molecule has 1 aromatic heterocycles. The number of aryl methyl sites for hydroxylation is 2. The second-order valence-electron chi connectivity index (χ2n) is 5.63. The third-order valence-corrected chi connectivity index (χ3v) is 4.70. The maximum absolute atomic E-state index is 12.2. The van der Waals surface area contributed by atoms with Gasteiger partial charge in [0.2, 0.25) is 0 Å². The lowest BCUT2D eigenvalue weighted by Gasteiger charge is -2.10. The maximum Gasteiger partial charge on any atom is 0.317 e. The summed E-state index contributed by atoms with van der Waals surface area (Å²) in [6, 6.07) is 3.97. The number of rotatable bonds is 6. The molecule has 0 amide bonds. The molecule has 0 spiro atoms. The molecule has 0 N–H and O–H groups in total. The fourth-order valence-electron chi connectivity index (χ4n) is 2.33. The maximum atomic E-state index is 12.2. The summed E-state index contributed by atoms with van der Waals surface area (Å²) in [5, 5.41) is 2.78. The normalized spacial score (nSPS) is 12.2. The van der Waals surface area contributed by atoms with E-state index < -0.39 is 0 Å². The number of ether oxygens (including phenoxy) is 2. The van der Waals surface area contributed by atoms with Crippen molar-refractivity contribution in [3.8, 4) is 5.75 Å². The SMILES string of the molecule is CCOC(C)c1nc(CC(=O)Oc2cc(C)cc(C)c2C)cs1. The molecule has 1 unspecified atom stereocenters. The van der Waals surface area contributed by atoms with Crippen LogP contribution in [-0.4, -0.2) is 17.6 Å². The Labute approximate surface area is 141 Å². The summed E-state index contributed by atoms with van der Waals surface area (Å²) in [6.45, 7) is 10.5. The third-order valence-electron chi connectivity index (χ3n) is 3.65. The molecule has 124 valence electrons. The average molecular weight is 333 g/mol. The van der Waals surface area contributed by atoms with Crippen LogP contribution in [-0.2, 0) is 16.0 Å². The fourth-order valence-corrected chi connectivity index (χ4v) is 3.15.